The molecule has 0 saturated heterocycles. The van der Waals surface area contributed by atoms with E-state index in [2.05, 4.69) is 0 Å². The van der Waals surface area contributed by atoms with Crippen LogP contribution in [0.25, 0.3) is 0 Å². The Hall–Kier alpha value is -2.06. The summed E-state index contributed by atoms with van der Waals surface area (Å²) in [6.07, 6.45) is 7.69. The summed E-state index contributed by atoms with van der Waals surface area (Å²) in [6, 6.07) is 0. The summed E-state index contributed by atoms with van der Waals surface area (Å²) in [7, 11) is 0. The summed E-state index contributed by atoms with van der Waals surface area (Å²) in [5, 5.41) is 30.7. The second-order valence-corrected chi connectivity index (χ2v) is 7.75. The molecule has 0 heterocycles. The van der Waals surface area contributed by atoms with E-state index in [0.29, 0.717) is 38.5 Å². The molecule has 0 aliphatic heterocycles. The minimum atomic E-state index is -1.20. The molecular weight excluding hydrogens is 452 g/mol. The normalized spacial score (nSPS) is 25.5. The average molecular weight is 479 g/mol. The Kier molecular flexibility index (Phi) is 13.9. The molecule has 3 unspecified atom stereocenters. The quantitative estimate of drug-likeness (QED) is 0.344. The molecule has 3 fully saturated rings. The zero-order valence-electron chi connectivity index (χ0n) is 17.2. The van der Waals surface area contributed by atoms with Gasteiger partial charge in [0.25, 0.3) is 0 Å². The van der Waals surface area contributed by atoms with Crippen molar-refractivity contribution in [1.82, 2.24) is 0 Å². The van der Waals surface area contributed by atoms with Crippen LogP contribution in [0, 0.1) is 17.8 Å². The molecule has 173 valence electrons. The van der Waals surface area contributed by atoms with Gasteiger partial charge in [-0.2, -0.15) is 0 Å². The van der Waals surface area contributed by atoms with E-state index in [-0.39, 0.29) is 34.4 Å². The van der Waals surface area contributed by atoms with Gasteiger partial charge in [0.1, 0.15) is 17.3 Å². The number of rotatable bonds is 3. The van der Waals surface area contributed by atoms with Crippen molar-refractivity contribution in [2.75, 3.05) is 0 Å². The maximum atomic E-state index is 10.8. The summed E-state index contributed by atoms with van der Waals surface area (Å²) in [5.41, 5.74) is 0. The Morgan fingerprint density at radius 2 is 0.742 bits per heavy atom. The molecule has 0 aromatic heterocycles. The third-order valence-corrected chi connectivity index (χ3v) is 5.52. The summed E-state index contributed by atoms with van der Waals surface area (Å²) in [5.74, 6) is -6.53. The molecule has 9 nitrogen and oxygen atoms in total. The van der Waals surface area contributed by atoms with E-state index in [1.807, 2.05) is 0 Å². The molecule has 3 rings (SSSR count). The van der Waals surface area contributed by atoms with E-state index in [4.69, 9.17) is 0 Å². The van der Waals surface area contributed by atoms with Crippen molar-refractivity contribution >= 4 is 35.3 Å². The Balaban J connectivity index is 0.000000429. The van der Waals surface area contributed by atoms with E-state index in [0.717, 1.165) is 38.5 Å². The van der Waals surface area contributed by atoms with Crippen LogP contribution in [0.15, 0.2) is 0 Å². The molecule has 3 aliphatic rings. The fourth-order valence-electron chi connectivity index (χ4n) is 3.70. The first-order chi connectivity index (χ1) is 14.1. The van der Waals surface area contributed by atoms with Crippen LogP contribution < -0.4 is 15.3 Å². The van der Waals surface area contributed by atoms with Crippen LogP contribution in [-0.4, -0.2) is 35.3 Å². The molecule has 10 heteroatoms. The molecule has 3 aliphatic carbocycles. The number of aliphatic carboxylic acids is 3. The Morgan fingerprint density at radius 3 is 0.871 bits per heavy atom. The predicted molar refractivity (Wildman–Crippen MR) is 95.9 cm³/mol. The second kappa shape index (κ2) is 14.9. The number of carbonyl (C=O) groups is 6. The number of carboxylic acid groups (broad SMARTS) is 3. The van der Waals surface area contributed by atoms with E-state index >= 15 is 0 Å². The van der Waals surface area contributed by atoms with Crippen molar-refractivity contribution in [3.05, 3.63) is 0 Å². The van der Waals surface area contributed by atoms with Crippen molar-refractivity contribution < 1.29 is 61.2 Å². The smallest absolute Gasteiger partial charge is 0.549 e. The molecule has 3 atom stereocenters. The minimum Gasteiger partial charge on any atom is -0.549 e. The van der Waals surface area contributed by atoms with E-state index in [1.54, 1.807) is 0 Å². The van der Waals surface area contributed by atoms with E-state index in [1.165, 1.54) is 0 Å². The summed E-state index contributed by atoms with van der Waals surface area (Å²) in [4.78, 5) is 63.1. The average Bonchev–Trinajstić information content (AvgIpc) is 2.69. The first-order valence-corrected chi connectivity index (χ1v) is 10.4. The van der Waals surface area contributed by atoms with Crippen LogP contribution in [-0.2, 0) is 45.8 Å². The van der Waals surface area contributed by atoms with Crippen LogP contribution in [0.2, 0.25) is 0 Å². The van der Waals surface area contributed by atoms with Crippen LogP contribution in [0.3, 0.4) is 0 Å². The molecule has 31 heavy (non-hydrogen) atoms. The molecule has 0 aromatic rings. The number of carboxylic acids is 3. The number of hydrogen-bond acceptors (Lipinski definition) is 9. The summed E-state index contributed by atoms with van der Waals surface area (Å²) >= 11 is 0. The van der Waals surface area contributed by atoms with Gasteiger partial charge in [-0.05, 0) is 38.5 Å². The molecule has 0 amide bonds. The fraction of sp³-hybridized carbons (Fsp3) is 0.714. The molecular formula is C21H27FeO9. The maximum absolute atomic E-state index is 10.8. The Labute approximate surface area is 191 Å². The van der Waals surface area contributed by atoms with Gasteiger partial charge in [-0.3, -0.25) is 14.4 Å². The predicted octanol–water partition coefficient (Wildman–Crippen LogP) is -1.52. The third-order valence-electron chi connectivity index (χ3n) is 5.52. The molecule has 1 radical (unpaired) electrons. The van der Waals surface area contributed by atoms with Crippen molar-refractivity contribution in [2.24, 2.45) is 17.8 Å². The largest absolute Gasteiger partial charge is 3.00 e. The van der Waals surface area contributed by atoms with Gasteiger partial charge in [0, 0.05) is 19.3 Å². The maximum Gasteiger partial charge on any atom is 3.00 e. The van der Waals surface area contributed by atoms with Gasteiger partial charge in [0.05, 0.1) is 35.7 Å². The number of Topliss-reactive ketones (excluding diaryl/α,β-unsaturated/α-hetero) is 3. The van der Waals surface area contributed by atoms with Crippen molar-refractivity contribution in [1.29, 1.82) is 0 Å². The van der Waals surface area contributed by atoms with Gasteiger partial charge in [0.2, 0.25) is 0 Å². The second-order valence-electron chi connectivity index (χ2n) is 7.75. The number of ketones is 3. The van der Waals surface area contributed by atoms with Crippen LogP contribution in [0.5, 0.6) is 0 Å². The summed E-state index contributed by atoms with van der Waals surface area (Å²) < 4.78 is 0. The molecule has 0 bridgehead atoms. The SMILES string of the molecule is O=C([O-])C1CCCCC1=O.O=C([O-])C1CCCCC1=O.O=C([O-])C1CCCCC1=O.[Fe+3]. The standard InChI is InChI=1S/3C7H10O3.Fe/c3*8-6-4-2-1-3-5(6)7(9)10;/h3*5H,1-4H2,(H,9,10);/q;;;+3/p-3. The van der Waals surface area contributed by atoms with Crippen LogP contribution in [0.1, 0.15) is 77.0 Å². The van der Waals surface area contributed by atoms with Gasteiger partial charge >= 0.3 is 17.1 Å². The van der Waals surface area contributed by atoms with Gasteiger partial charge < -0.3 is 29.7 Å². The topological polar surface area (TPSA) is 172 Å². The third kappa shape index (κ3) is 10.2. The first kappa shape index (κ1) is 28.9. The first-order valence-electron chi connectivity index (χ1n) is 10.4. The molecule has 0 spiro atoms. The Morgan fingerprint density at radius 1 is 0.516 bits per heavy atom. The molecule has 0 N–H and O–H groups in total. The Bertz CT molecular complexity index is 583. The van der Waals surface area contributed by atoms with E-state index < -0.39 is 35.7 Å². The fourth-order valence-corrected chi connectivity index (χ4v) is 3.70. The van der Waals surface area contributed by atoms with Crippen molar-refractivity contribution in [2.45, 2.75) is 77.0 Å². The van der Waals surface area contributed by atoms with Crippen LogP contribution in [0.4, 0.5) is 0 Å². The van der Waals surface area contributed by atoms with Gasteiger partial charge in [-0.15, -0.1) is 0 Å². The van der Waals surface area contributed by atoms with Crippen molar-refractivity contribution in [3.8, 4) is 0 Å². The van der Waals surface area contributed by atoms with E-state index in [9.17, 15) is 44.1 Å². The zero-order chi connectivity index (χ0) is 22.7. The van der Waals surface area contributed by atoms with Gasteiger partial charge in [-0.1, -0.05) is 19.3 Å². The monoisotopic (exact) mass is 479 g/mol. The summed E-state index contributed by atoms with van der Waals surface area (Å²) in [6.45, 7) is 0. The zero-order valence-corrected chi connectivity index (χ0v) is 18.3. The molecule has 3 saturated carbocycles. The van der Waals surface area contributed by atoms with Crippen molar-refractivity contribution in [3.63, 3.8) is 0 Å². The number of carbonyl (C=O) groups excluding carboxylic acids is 6. The van der Waals surface area contributed by atoms with Gasteiger partial charge in [-0.25, -0.2) is 0 Å². The van der Waals surface area contributed by atoms with Crippen LogP contribution >= 0.6 is 0 Å². The van der Waals surface area contributed by atoms with Gasteiger partial charge in [0.15, 0.2) is 0 Å². The minimum absolute atomic E-state index is 0. The number of hydrogen-bond donors (Lipinski definition) is 0. The molecule has 0 aromatic carbocycles.